The van der Waals surface area contributed by atoms with E-state index in [4.69, 9.17) is 5.73 Å². The minimum absolute atomic E-state index is 0.00365. The van der Waals surface area contributed by atoms with Gasteiger partial charge in [-0.15, -0.1) is 0 Å². The Morgan fingerprint density at radius 1 is 1.10 bits per heavy atom. The van der Waals surface area contributed by atoms with E-state index < -0.39 is 11.2 Å². The van der Waals surface area contributed by atoms with Crippen molar-refractivity contribution in [3.8, 4) is 0 Å². The number of likely N-dealkylation sites (N-methyl/N-ethyl adjacent to an activating group) is 1. The van der Waals surface area contributed by atoms with Gasteiger partial charge in [0, 0.05) is 18.6 Å². The van der Waals surface area contributed by atoms with E-state index >= 15 is 0 Å². The van der Waals surface area contributed by atoms with Gasteiger partial charge in [-0.05, 0) is 40.2 Å². The van der Waals surface area contributed by atoms with Crippen molar-refractivity contribution in [2.45, 2.75) is 53.2 Å². The second-order valence-corrected chi connectivity index (χ2v) is 7.57. The van der Waals surface area contributed by atoms with E-state index in [1.165, 1.54) is 4.57 Å². The van der Waals surface area contributed by atoms with Crippen LogP contribution in [0.5, 0.6) is 0 Å². The number of anilines is 2. The highest BCUT2D eigenvalue weighted by atomic mass is 16.2. The van der Waals surface area contributed by atoms with Gasteiger partial charge in [0.2, 0.25) is 5.91 Å². The van der Waals surface area contributed by atoms with Crippen LogP contribution in [0, 0.1) is 0 Å². The van der Waals surface area contributed by atoms with Crippen LogP contribution in [0.25, 0.3) is 0 Å². The lowest BCUT2D eigenvalue weighted by Gasteiger charge is -2.33. The number of H-pyrrole nitrogens is 1. The van der Waals surface area contributed by atoms with Gasteiger partial charge < -0.3 is 15.5 Å². The molecule has 2 aromatic rings. The smallest absolute Gasteiger partial charge is 0.330 e. The van der Waals surface area contributed by atoms with Crippen LogP contribution in [-0.4, -0.2) is 45.5 Å². The van der Waals surface area contributed by atoms with Crippen molar-refractivity contribution >= 4 is 17.4 Å². The minimum atomic E-state index is -0.591. The lowest BCUT2D eigenvalue weighted by Crippen LogP contribution is -2.48. The number of aromatic nitrogens is 2. The number of amides is 1. The van der Waals surface area contributed by atoms with Crippen LogP contribution in [0.2, 0.25) is 0 Å². The number of nitrogen functional groups attached to an aromatic ring is 1. The molecule has 0 aliphatic heterocycles. The van der Waals surface area contributed by atoms with Crippen molar-refractivity contribution in [1.82, 2.24) is 14.5 Å². The molecule has 0 saturated heterocycles. The Labute approximate surface area is 170 Å². The molecular weight excluding hydrogens is 370 g/mol. The molecule has 0 spiro atoms. The largest absolute Gasteiger partial charge is 0.383 e. The van der Waals surface area contributed by atoms with E-state index in [0.717, 1.165) is 5.56 Å². The van der Waals surface area contributed by atoms with Crippen LogP contribution >= 0.6 is 0 Å². The van der Waals surface area contributed by atoms with Gasteiger partial charge in [-0.1, -0.05) is 30.3 Å². The zero-order valence-corrected chi connectivity index (χ0v) is 17.8. The van der Waals surface area contributed by atoms with Gasteiger partial charge in [-0.2, -0.15) is 0 Å². The lowest BCUT2D eigenvalue weighted by molar-refractivity contribution is -0.133. The third-order valence-corrected chi connectivity index (χ3v) is 4.82. The summed E-state index contributed by atoms with van der Waals surface area (Å²) in [7, 11) is 0. The summed E-state index contributed by atoms with van der Waals surface area (Å²) in [5.74, 6) is -0.0469. The topological polar surface area (TPSA) is 104 Å². The van der Waals surface area contributed by atoms with Crippen molar-refractivity contribution in [2.75, 3.05) is 23.7 Å². The maximum absolute atomic E-state index is 12.9. The first-order valence-corrected chi connectivity index (χ1v) is 9.89. The number of nitrogens with one attached hydrogen (secondary N) is 1. The van der Waals surface area contributed by atoms with Crippen LogP contribution in [0.4, 0.5) is 11.5 Å². The Bertz CT molecular complexity index is 939. The number of carbonyl (C=O) groups excluding carboxylic acids is 1. The molecule has 1 amide bonds. The second kappa shape index (κ2) is 9.45. The summed E-state index contributed by atoms with van der Waals surface area (Å²) in [6.07, 6.45) is 0. The molecular formula is C21H31N5O3. The maximum Gasteiger partial charge on any atom is 0.330 e. The first-order chi connectivity index (χ1) is 13.7. The van der Waals surface area contributed by atoms with E-state index in [1.807, 2.05) is 65.0 Å². The molecule has 0 saturated carbocycles. The van der Waals surface area contributed by atoms with Crippen LogP contribution in [0.3, 0.4) is 0 Å². The van der Waals surface area contributed by atoms with Crippen molar-refractivity contribution in [1.29, 1.82) is 0 Å². The molecule has 1 aromatic carbocycles. The number of rotatable bonds is 8. The molecule has 3 N–H and O–H groups in total. The first-order valence-electron chi connectivity index (χ1n) is 9.89. The quantitative estimate of drug-likeness (QED) is 0.700. The van der Waals surface area contributed by atoms with E-state index in [1.54, 1.807) is 9.80 Å². The van der Waals surface area contributed by atoms with E-state index in [9.17, 15) is 14.4 Å². The number of hydrogen-bond donors (Lipinski definition) is 2. The standard InChI is InChI=1S/C21H31N5O3/c1-6-24(13-17(27)26(14(2)3)15(4)5)18-19(22)25(21(29)23-20(18)28)12-16-10-8-7-9-11-16/h7-11,14-15H,6,12-13,22H2,1-5H3,(H,23,28,29). The minimum Gasteiger partial charge on any atom is -0.383 e. The van der Waals surface area contributed by atoms with Gasteiger partial charge in [0.25, 0.3) is 5.56 Å². The molecule has 1 aromatic heterocycles. The SMILES string of the molecule is CCN(CC(=O)N(C(C)C)C(C)C)c1c(N)n(Cc2ccccc2)c(=O)[nH]c1=O. The molecule has 0 radical (unpaired) electrons. The lowest BCUT2D eigenvalue weighted by atomic mass is 10.2. The monoisotopic (exact) mass is 401 g/mol. The van der Waals surface area contributed by atoms with Crippen LogP contribution in [0.15, 0.2) is 39.9 Å². The fourth-order valence-corrected chi connectivity index (χ4v) is 3.57. The third kappa shape index (κ3) is 5.07. The molecule has 0 bridgehead atoms. The third-order valence-electron chi connectivity index (χ3n) is 4.82. The number of aromatic amines is 1. The molecule has 0 aliphatic carbocycles. The Balaban J connectivity index is 2.43. The zero-order valence-electron chi connectivity index (χ0n) is 17.8. The van der Waals surface area contributed by atoms with Gasteiger partial charge >= 0.3 is 5.69 Å². The van der Waals surface area contributed by atoms with Crippen molar-refractivity contribution in [3.05, 3.63) is 56.7 Å². The fourth-order valence-electron chi connectivity index (χ4n) is 3.57. The molecule has 0 aliphatic rings. The van der Waals surface area contributed by atoms with Gasteiger partial charge in [0.1, 0.15) is 11.5 Å². The summed E-state index contributed by atoms with van der Waals surface area (Å²) in [6, 6.07) is 9.43. The average molecular weight is 402 g/mol. The number of hydrogen-bond acceptors (Lipinski definition) is 5. The highest BCUT2D eigenvalue weighted by molar-refractivity contribution is 5.83. The number of carbonyl (C=O) groups is 1. The first kappa shape index (κ1) is 22.3. The molecule has 1 heterocycles. The number of nitrogens with two attached hydrogens (primary N) is 1. The summed E-state index contributed by atoms with van der Waals surface area (Å²) >= 11 is 0. The summed E-state index contributed by atoms with van der Waals surface area (Å²) in [5.41, 5.74) is 6.11. The average Bonchev–Trinajstić information content (AvgIpc) is 2.64. The Hall–Kier alpha value is -3.03. The van der Waals surface area contributed by atoms with Crippen LogP contribution in [-0.2, 0) is 11.3 Å². The second-order valence-electron chi connectivity index (χ2n) is 7.57. The predicted molar refractivity (Wildman–Crippen MR) is 116 cm³/mol. The highest BCUT2D eigenvalue weighted by Crippen LogP contribution is 2.18. The normalized spacial score (nSPS) is 11.1. The molecule has 0 fully saturated rings. The molecule has 158 valence electrons. The molecule has 8 nitrogen and oxygen atoms in total. The van der Waals surface area contributed by atoms with Crippen molar-refractivity contribution < 1.29 is 4.79 Å². The van der Waals surface area contributed by atoms with Crippen LogP contribution < -0.4 is 21.9 Å². The molecule has 8 heteroatoms. The molecule has 2 rings (SSSR count). The summed E-state index contributed by atoms with van der Waals surface area (Å²) in [6.45, 7) is 10.3. The Morgan fingerprint density at radius 3 is 2.21 bits per heavy atom. The molecule has 0 atom stereocenters. The van der Waals surface area contributed by atoms with E-state index in [-0.39, 0.29) is 42.6 Å². The molecule has 29 heavy (non-hydrogen) atoms. The van der Waals surface area contributed by atoms with Crippen molar-refractivity contribution in [2.24, 2.45) is 0 Å². The summed E-state index contributed by atoms with van der Waals surface area (Å²) < 4.78 is 1.32. The maximum atomic E-state index is 12.9. The Morgan fingerprint density at radius 2 is 1.69 bits per heavy atom. The predicted octanol–water partition coefficient (Wildman–Crippen LogP) is 1.64. The van der Waals surface area contributed by atoms with Gasteiger partial charge in [-0.3, -0.25) is 19.1 Å². The van der Waals surface area contributed by atoms with Crippen LogP contribution in [0.1, 0.15) is 40.2 Å². The van der Waals surface area contributed by atoms with Gasteiger partial charge in [0.15, 0.2) is 0 Å². The zero-order chi connectivity index (χ0) is 21.7. The fraction of sp³-hybridized carbons (Fsp3) is 0.476. The van der Waals surface area contributed by atoms with Crippen molar-refractivity contribution in [3.63, 3.8) is 0 Å². The van der Waals surface area contributed by atoms with E-state index in [2.05, 4.69) is 4.98 Å². The summed E-state index contributed by atoms with van der Waals surface area (Å²) in [4.78, 5) is 43.6. The summed E-state index contributed by atoms with van der Waals surface area (Å²) in [5, 5.41) is 0. The number of benzene rings is 1. The van der Waals surface area contributed by atoms with E-state index in [0.29, 0.717) is 6.54 Å². The number of nitrogens with zero attached hydrogens (tertiary/aromatic N) is 3. The Kier molecular flexibility index (Phi) is 7.25. The highest BCUT2D eigenvalue weighted by Gasteiger charge is 2.25. The van der Waals surface area contributed by atoms with Gasteiger partial charge in [0.05, 0.1) is 13.1 Å². The van der Waals surface area contributed by atoms with Gasteiger partial charge in [-0.25, -0.2) is 4.79 Å². The molecule has 0 unspecified atom stereocenters.